The number of aliphatic hydroxyl groups excluding tert-OH is 1. The SMILES string of the molecule is Cc1ccc(NC(N)=NCC(O)COc2cccc(C(F)(F)F)c2)cc1.I. The normalized spacial score (nSPS) is 12.9. The molecule has 0 bridgehead atoms. The number of rotatable bonds is 6. The number of nitrogens with two attached hydrogens (primary N) is 1. The largest absolute Gasteiger partial charge is 0.491 e. The fraction of sp³-hybridized carbons (Fsp3) is 0.278. The molecule has 0 heterocycles. The van der Waals surface area contributed by atoms with E-state index in [1.54, 1.807) is 0 Å². The predicted octanol–water partition coefficient (Wildman–Crippen LogP) is 3.80. The van der Waals surface area contributed by atoms with Gasteiger partial charge in [-0.3, -0.25) is 4.99 Å². The zero-order chi connectivity index (χ0) is 19.2. The first-order chi connectivity index (χ1) is 12.2. The van der Waals surface area contributed by atoms with E-state index in [1.807, 2.05) is 31.2 Å². The van der Waals surface area contributed by atoms with Gasteiger partial charge in [-0.25, -0.2) is 0 Å². The molecular formula is C18H21F3IN3O2. The van der Waals surface area contributed by atoms with E-state index in [1.165, 1.54) is 12.1 Å². The molecule has 0 aliphatic rings. The van der Waals surface area contributed by atoms with Crippen LogP contribution in [0.25, 0.3) is 0 Å². The molecule has 9 heteroatoms. The molecule has 0 saturated heterocycles. The molecule has 0 aliphatic carbocycles. The van der Waals surface area contributed by atoms with Crippen molar-refractivity contribution in [2.75, 3.05) is 18.5 Å². The molecule has 1 unspecified atom stereocenters. The topological polar surface area (TPSA) is 79.9 Å². The van der Waals surface area contributed by atoms with Crippen molar-refractivity contribution >= 4 is 35.6 Å². The van der Waals surface area contributed by atoms with Crippen LogP contribution in [0.5, 0.6) is 5.75 Å². The number of ether oxygens (including phenoxy) is 1. The van der Waals surface area contributed by atoms with Crippen molar-refractivity contribution in [1.29, 1.82) is 0 Å². The van der Waals surface area contributed by atoms with E-state index < -0.39 is 17.8 Å². The average molecular weight is 495 g/mol. The van der Waals surface area contributed by atoms with Gasteiger partial charge in [0.2, 0.25) is 0 Å². The van der Waals surface area contributed by atoms with E-state index in [9.17, 15) is 18.3 Å². The van der Waals surface area contributed by atoms with Crippen molar-refractivity contribution in [3.8, 4) is 5.75 Å². The molecular weight excluding hydrogens is 474 g/mol. The number of anilines is 1. The summed E-state index contributed by atoms with van der Waals surface area (Å²) >= 11 is 0. The lowest BCUT2D eigenvalue weighted by molar-refractivity contribution is -0.137. The van der Waals surface area contributed by atoms with Gasteiger partial charge >= 0.3 is 6.18 Å². The summed E-state index contributed by atoms with van der Waals surface area (Å²) in [5.74, 6) is 0.139. The minimum Gasteiger partial charge on any atom is -0.491 e. The molecule has 2 aromatic carbocycles. The van der Waals surface area contributed by atoms with Gasteiger partial charge in [0.15, 0.2) is 5.96 Å². The van der Waals surface area contributed by atoms with Gasteiger partial charge in [-0.05, 0) is 37.3 Å². The fourth-order valence-corrected chi connectivity index (χ4v) is 2.04. The molecule has 0 spiro atoms. The first-order valence-corrected chi connectivity index (χ1v) is 7.86. The summed E-state index contributed by atoms with van der Waals surface area (Å²) in [5.41, 5.74) is 6.78. The number of nitrogens with one attached hydrogen (secondary N) is 1. The third-order valence-electron chi connectivity index (χ3n) is 3.40. The molecule has 1 atom stereocenters. The third kappa shape index (κ3) is 8.04. The van der Waals surface area contributed by atoms with Crippen LogP contribution in [-0.4, -0.2) is 30.3 Å². The second-order valence-corrected chi connectivity index (χ2v) is 5.71. The molecule has 0 amide bonds. The molecule has 4 N–H and O–H groups in total. The quantitative estimate of drug-likeness (QED) is 0.324. The van der Waals surface area contributed by atoms with Gasteiger partial charge in [0.25, 0.3) is 0 Å². The van der Waals surface area contributed by atoms with Crippen LogP contribution in [0.3, 0.4) is 0 Å². The highest BCUT2D eigenvalue weighted by molar-refractivity contribution is 14.0. The minimum absolute atomic E-state index is 0. The molecule has 2 aromatic rings. The Kier molecular flexibility index (Phi) is 8.83. The number of benzene rings is 2. The van der Waals surface area contributed by atoms with Gasteiger partial charge in [-0.1, -0.05) is 23.8 Å². The number of nitrogens with zero attached hydrogens (tertiary/aromatic N) is 1. The monoisotopic (exact) mass is 495 g/mol. The smallest absolute Gasteiger partial charge is 0.416 e. The summed E-state index contributed by atoms with van der Waals surface area (Å²) in [6.45, 7) is 1.70. The third-order valence-corrected chi connectivity index (χ3v) is 3.40. The number of guanidine groups is 1. The lowest BCUT2D eigenvalue weighted by Gasteiger charge is -2.13. The molecule has 0 fully saturated rings. The number of halogens is 4. The number of aliphatic imine (C=N–C) groups is 1. The van der Waals surface area contributed by atoms with Crippen LogP contribution in [0.1, 0.15) is 11.1 Å². The number of hydrogen-bond donors (Lipinski definition) is 3. The maximum atomic E-state index is 12.6. The molecule has 0 radical (unpaired) electrons. The summed E-state index contributed by atoms with van der Waals surface area (Å²) in [6.07, 6.45) is -5.46. The maximum absolute atomic E-state index is 12.6. The molecule has 5 nitrogen and oxygen atoms in total. The Bertz CT molecular complexity index is 752. The fourth-order valence-electron chi connectivity index (χ4n) is 2.04. The van der Waals surface area contributed by atoms with Crippen LogP contribution < -0.4 is 15.8 Å². The second-order valence-electron chi connectivity index (χ2n) is 5.71. The van der Waals surface area contributed by atoms with Crippen molar-refractivity contribution in [3.63, 3.8) is 0 Å². The van der Waals surface area contributed by atoms with Gasteiger partial charge in [0.1, 0.15) is 18.5 Å². The molecule has 148 valence electrons. The molecule has 0 aliphatic heterocycles. The summed E-state index contributed by atoms with van der Waals surface area (Å²) in [5, 5.41) is 12.7. The van der Waals surface area contributed by atoms with Gasteiger partial charge in [0, 0.05) is 5.69 Å². The summed E-state index contributed by atoms with van der Waals surface area (Å²) < 4.78 is 43.1. The highest BCUT2D eigenvalue weighted by atomic mass is 127. The first kappa shape index (κ1) is 23.0. The van der Waals surface area contributed by atoms with Crippen molar-refractivity contribution in [1.82, 2.24) is 0 Å². The van der Waals surface area contributed by atoms with E-state index in [0.717, 1.165) is 23.4 Å². The Balaban J connectivity index is 0.00000364. The summed E-state index contributed by atoms with van der Waals surface area (Å²) in [4.78, 5) is 3.98. The second kappa shape index (κ2) is 10.4. The zero-order valence-corrected chi connectivity index (χ0v) is 16.9. The lowest BCUT2D eigenvalue weighted by atomic mass is 10.2. The molecule has 2 rings (SSSR count). The molecule has 0 aromatic heterocycles. The highest BCUT2D eigenvalue weighted by Gasteiger charge is 2.30. The van der Waals surface area contributed by atoms with Crippen molar-refractivity contribution in [2.24, 2.45) is 10.7 Å². The van der Waals surface area contributed by atoms with Crippen LogP contribution in [0.2, 0.25) is 0 Å². The Hall–Kier alpha value is -2.01. The van der Waals surface area contributed by atoms with Crippen LogP contribution >= 0.6 is 24.0 Å². The number of aliphatic hydroxyl groups is 1. The standard InChI is InChI=1S/C18H20F3N3O2.HI/c1-12-5-7-14(8-6-12)24-17(22)23-10-15(25)11-26-16-4-2-3-13(9-16)18(19,20)21;/h2-9,15,25H,10-11H2,1H3,(H3,22,23,24);1H. The summed E-state index contributed by atoms with van der Waals surface area (Å²) in [7, 11) is 0. The first-order valence-electron chi connectivity index (χ1n) is 7.86. The molecule has 0 saturated carbocycles. The van der Waals surface area contributed by atoms with Gasteiger partial charge in [-0.2, -0.15) is 13.2 Å². The van der Waals surface area contributed by atoms with Crippen LogP contribution in [-0.2, 0) is 6.18 Å². The Labute approximate surface area is 172 Å². The van der Waals surface area contributed by atoms with E-state index in [4.69, 9.17) is 10.5 Å². The van der Waals surface area contributed by atoms with E-state index in [2.05, 4.69) is 10.3 Å². The van der Waals surface area contributed by atoms with Gasteiger partial charge in [-0.15, -0.1) is 24.0 Å². The number of aryl methyl sites for hydroxylation is 1. The number of hydrogen-bond acceptors (Lipinski definition) is 3. The Morgan fingerprint density at radius 2 is 1.89 bits per heavy atom. The Morgan fingerprint density at radius 1 is 1.22 bits per heavy atom. The van der Waals surface area contributed by atoms with E-state index >= 15 is 0 Å². The van der Waals surface area contributed by atoms with Gasteiger partial charge < -0.3 is 20.9 Å². The highest BCUT2D eigenvalue weighted by Crippen LogP contribution is 2.31. The minimum atomic E-state index is -4.45. The molecule has 27 heavy (non-hydrogen) atoms. The van der Waals surface area contributed by atoms with Crippen molar-refractivity contribution in [2.45, 2.75) is 19.2 Å². The van der Waals surface area contributed by atoms with Crippen LogP contribution in [0.4, 0.5) is 18.9 Å². The summed E-state index contributed by atoms with van der Waals surface area (Å²) in [6, 6.07) is 12.0. The lowest BCUT2D eigenvalue weighted by Crippen LogP contribution is -2.27. The van der Waals surface area contributed by atoms with E-state index in [0.29, 0.717) is 0 Å². The van der Waals surface area contributed by atoms with Crippen molar-refractivity contribution in [3.05, 3.63) is 59.7 Å². The van der Waals surface area contributed by atoms with Crippen molar-refractivity contribution < 1.29 is 23.0 Å². The van der Waals surface area contributed by atoms with Crippen LogP contribution in [0.15, 0.2) is 53.5 Å². The Morgan fingerprint density at radius 3 is 2.52 bits per heavy atom. The predicted molar refractivity (Wildman–Crippen MR) is 110 cm³/mol. The van der Waals surface area contributed by atoms with E-state index in [-0.39, 0.29) is 48.8 Å². The van der Waals surface area contributed by atoms with Crippen LogP contribution in [0, 0.1) is 6.92 Å². The number of alkyl halides is 3. The zero-order valence-electron chi connectivity index (χ0n) is 14.5. The maximum Gasteiger partial charge on any atom is 0.416 e. The van der Waals surface area contributed by atoms with Gasteiger partial charge in [0.05, 0.1) is 12.1 Å². The average Bonchev–Trinajstić information content (AvgIpc) is 2.60.